The fourth-order valence-corrected chi connectivity index (χ4v) is 3.18. The molecule has 18 heavy (non-hydrogen) atoms. The molecule has 4 nitrogen and oxygen atoms in total. The lowest BCUT2D eigenvalue weighted by molar-refractivity contribution is -0.137. The average Bonchev–Trinajstić information content (AvgIpc) is 2.84. The van der Waals surface area contributed by atoms with Gasteiger partial charge in [-0.1, -0.05) is 0 Å². The Labute approximate surface area is 110 Å². The zero-order chi connectivity index (χ0) is 12.8. The van der Waals surface area contributed by atoms with Gasteiger partial charge in [0.25, 0.3) is 0 Å². The summed E-state index contributed by atoms with van der Waals surface area (Å²) in [6, 6.07) is 0. The summed E-state index contributed by atoms with van der Waals surface area (Å²) in [5, 5.41) is 8.62. The Balaban J connectivity index is 1.57. The van der Waals surface area contributed by atoms with Gasteiger partial charge in [0.2, 0.25) is 0 Å². The number of piperidine rings is 1. The van der Waals surface area contributed by atoms with Crippen molar-refractivity contribution in [3.05, 3.63) is 0 Å². The quantitative estimate of drug-likeness (QED) is 0.783. The molecular formula is C14H26N2O2. The predicted octanol–water partition coefficient (Wildman–Crippen LogP) is 1.66. The number of carbonyl (C=O) groups is 1. The average molecular weight is 254 g/mol. The Morgan fingerprint density at radius 3 is 2.33 bits per heavy atom. The van der Waals surface area contributed by atoms with Crippen molar-refractivity contribution < 1.29 is 9.90 Å². The number of carboxylic acid groups (broad SMARTS) is 1. The first-order valence-electron chi connectivity index (χ1n) is 7.40. The molecule has 0 aromatic heterocycles. The first kappa shape index (κ1) is 13.8. The zero-order valence-electron chi connectivity index (χ0n) is 11.3. The molecule has 0 amide bonds. The highest BCUT2D eigenvalue weighted by molar-refractivity contribution is 5.66. The molecule has 2 aliphatic rings. The summed E-state index contributed by atoms with van der Waals surface area (Å²) >= 11 is 0. The number of aliphatic carboxylic acids is 1. The van der Waals surface area contributed by atoms with E-state index in [1.807, 2.05) is 0 Å². The van der Waals surface area contributed by atoms with Gasteiger partial charge in [-0.2, -0.15) is 0 Å². The van der Waals surface area contributed by atoms with Crippen LogP contribution in [0.15, 0.2) is 0 Å². The topological polar surface area (TPSA) is 43.8 Å². The molecule has 0 saturated carbocycles. The predicted molar refractivity (Wildman–Crippen MR) is 71.7 cm³/mol. The summed E-state index contributed by atoms with van der Waals surface area (Å²) in [5.41, 5.74) is 0. The molecule has 2 saturated heterocycles. The Bertz CT molecular complexity index is 257. The normalized spacial score (nSPS) is 23.6. The van der Waals surface area contributed by atoms with E-state index in [0.717, 1.165) is 32.0 Å². The molecule has 0 aromatic rings. The van der Waals surface area contributed by atoms with E-state index in [0.29, 0.717) is 6.42 Å². The van der Waals surface area contributed by atoms with E-state index < -0.39 is 5.97 Å². The van der Waals surface area contributed by atoms with Gasteiger partial charge in [0.05, 0.1) is 0 Å². The van der Waals surface area contributed by atoms with E-state index in [2.05, 4.69) is 9.80 Å². The first-order chi connectivity index (χ1) is 8.74. The summed E-state index contributed by atoms with van der Waals surface area (Å²) < 4.78 is 0. The van der Waals surface area contributed by atoms with Crippen molar-refractivity contribution in [1.82, 2.24) is 9.80 Å². The van der Waals surface area contributed by atoms with E-state index >= 15 is 0 Å². The van der Waals surface area contributed by atoms with Crippen molar-refractivity contribution in [2.75, 3.05) is 39.3 Å². The van der Waals surface area contributed by atoms with E-state index in [1.165, 1.54) is 45.3 Å². The number of rotatable bonds is 6. The second-order valence-corrected chi connectivity index (χ2v) is 5.79. The lowest BCUT2D eigenvalue weighted by Gasteiger charge is -2.33. The van der Waals surface area contributed by atoms with E-state index in [9.17, 15) is 4.79 Å². The van der Waals surface area contributed by atoms with Crippen molar-refractivity contribution >= 4 is 5.97 Å². The van der Waals surface area contributed by atoms with Gasteiger partial charge in [0, 0.05) is 13.0 Å². The maximum absolute atomic E-state index is 10.5. The van der Waals surface area contributed by atoms with Crippen molar-refractivity contribution in [2.45, 2.75) is 38.5 Å². The van der Waals surface area contributed by atoms with Gasteiger partial charge in [-0.3, -0.25) is 4.79 Å². The summed E-state index contributed by atoms with van der Waals surface area (Å²) in [4.78, 5) is 15.5. The highest BCUT2D eigenvalue weighted by Crippen LogP contribution is 2.20. The standard InChI is InChI=1S/C14H26N2O2/c17-14(18)4-3-9-15-10-5-13(6-11-15)12-16-7-1-2-8-16/h13H,1-12H2,(H,17,18). The second-order valence-electron chi connectivity index (χ2n) is 5.79. The number of likely N-dealkylation sites (tertiary alicyclic amines) is 2. The number of nitrogens with zero attached hydrogens (tertiary/aromatic N) is 2. The highest BCUT2D eigenvalue weighted by Gasteiger charge is 2.22. The maximum Gasteiger partial charge on any atom is 0.303 e. The Kier molecular flexibility index (Phi) is 5.45. The van der Waals surface area contributed by atoms with Gasteiger partial charge in [-0.25, -0.2) is 0 Å². The van der Waals surface area contributed by atoms with Crippen molar-refractivity contribution in [3.63, 3.8) is 0 Å². The highest BCUT2D eigenvalue weighted by atomic mass is 16.4. The molecule has 104 valence electrons. The molecule has 4 heteroatoms. The lowest BCUT2D eigenvalue weighted by atomic mass is 9.96. The number of carboxylic acids is 1. The smallest absolute Gasteiger partial charge is 0.303 e. The van der Waals surface area contributed by atoms with Crippen molar-refractivity contribution in [3.8, 4) is 0 Å². The molecule has 0 unspecified atom stereocenters. The van der Waals surface area contributed by atoms with Crippen LogP contribution in [0.4, 0.5) is 0 Å². The molecule has 0 aliphatic carbocycles. The lowest BCUT2D eigenvalue weighted by Crippen LogP contribution is -2.38. The van der Waals surface area contributed by atoms with Crippen LogP contribution >= 0.6 is 0 Å². The number of hydrogen-bond acceptors (Lipinski definition) is 3. The Hall–Kier alpha value is -0.610. The fraction of sp³-hybridized carbons (Fsp3) is 0.929. The van der Waals surface area contributed by atoms with Crippen molar-refractivity contribution in [1.29, 1.82) is 0 Å². The van der Waals surface area contributed by atoms with Gasteiger partial charge in [-0.05, 0) is 70.7 Å². The largest absolute Gasteiger partial charge is 0.481 e. The number of hydrogen-bond donors (Lipinski definition) is 1. The molecule has 0 spiro atoms. The van der Waals surface area contributed by atoms with Crippen LogP contribution < -0.4 is 0 Å². The van der Waals surface area contributed by atoms with Gasteiger partial charge in [0.1, 0.15) is 0 Å². The molecule has 1 N–H and O–H groups in total. The zero-order valence-corrected chi connectivity index (χ0v) is 11.3. The SMILES string of the molecule is O=C(O)CCCN1CCC(CN2CCCC2)CC1. The van der Waals surface area contributed by atoms with Gasteiger partial charge >= 0.3 is 5.97 Å². The second kappa shape index (κ2) is 7.10. The van der Waals surface area contributed by atoms with Gasteiger partial charge < -0.3 is 14.9 Å². The van der Waals surface area contributed by atoms with E-state index in [4.69, 9.17) is 5.11 Å². The molecule has 2 fully saturated rings. The van der Waals surface area contributed by atoms with Crippen LogP contribution in [-0.2, 0) is 4.79 Å². The summed E-state index contributed by atoms with van der Waals surface area (Å²) in [6.07, 6.45) is 6.47. The van der Waals surface area contributed by atoms with Gasteiger partial charge in [0.15, 0.2) is 0 Å². The minimum Gasteiger partial charge on any atom is -0.481 e. The monoisotopic (exact) mass is 254 g/mol. The molecule has 2 heterocycles. The van der Waals surface area contributed by atoms with Crippen LogP contribution in [0.25, 0.3) is 0 Å². The minimum atomic E-state index is -0.668. The molecule has 2 aliphatic heterocycles. The van der Waals surface area contributed by atoms with Crippen molar-refractivity contribution in [2.24, 2.45) is 5.92 Å². The minimum absolute atomic E-state index is 0.313. The fourth-order valence-electron chi connectivity index (χ4n) is 3.18. The van der Waals surface area contributed by atoms with E-state index in [1.54, 1.807) is 0 Å². The van der Waals surface area contributed by atoms with Crippen LogP contribution in [0, 0.1) is 5.92 Å². The summed E-state index contributed by atoms with van der Waals surface area (Å²) in [7, 11) is 0. The molecule has 0 aromatic carbocycles. The van der Waals surface area contributed by atoms with Crippen LogP contribution in [0.2, 0.25) is 0 Å². The third kappa shape index (κ3) is 4.58. The first-order valence-corrected chi connectivity index (χ1v) is 7.40. The van der Waals surface area contributed by atoms with Gasteiger partial charge in [-0.15, -0.1) is 0 Å². The maximum atomic E-state index is 10.5. The summed E-state index contributed by atoms with van der Waals surface area (Å²) in [5.74, 6) is 0.206. The summed E-state index contributed by atoms with van der Waals surface area (Å²) in [6.45, 7) is 7.19. The molecule has 0 atom stereocenters. The van der Waals surface area contributed by atoms with Crippen LogP contribution in [0.5, 0.6) is 0 Å². The molecular weight excluding hydrogens is 228 g/mol. The van der Waals surface area contributed by atoms with Crippen LogP contribution in [-0.4, -0.2) is 60.1 Å². The Morgan fingerprint density at radius 1 is 1.06 bits per heavy atom. The van der Waals surface area contributed by atoms with Crippen LogP contribution in [0.3, 0.4) is 0 Å². The van der Waals surface area contributed by atoms with E-state index in [-0.39, 0.29) is 0 Å². The van der Waals surface area contributed by atoms with Crippen LogP contribution in [0.1, 0.15) is 38.5 Å². The molecule has 0 bridgehead atoms. The Morgan fingerprint density at radius 2 is 1.72 bits per heavy atom. The molecule has 2 rings (SSSR count). The molecule has 0 radical (unpaired) electrons. The third-order valence-electron chi connectivity index (χ3n) is 4.29. The third-order valence-corrected chi connectivity index (χ3v) is 4.29.